The van der Waals surface area contributed by atoms with Gasteiger partial charge in [-0.2, -0.15) is 0 Å². The van der Waals surface area contributed by atoms with Crippen molar-refractivity contribution in [3.05, 3.63) is 12.2 Å². The second-order valence-electron chi connectivity index (χ2n) is 5.15. The van der Waals surface area contributed by atoms with Crippen molar-refractivity contribution in [1.82, 2.24) is 4.90 Å². The molecule has 17 heavy (non-hydrogen) atoms. The third kappa shape index (κ3) is 3.08. The monoisotopic (exact) mass is 239 g/mol. The molecule has 4 heteroatoms. The van der Waals surface area contributed by atoms with Crippen molar-refractivity contribution in [2.24, 2.45) is 11.3 Å². The molecule has 1 unspecified atom stereocenters. The Labute approximate surface area is 102 Å². The van der Waals surface area contributed by atoms with Crippen LogP contribution in [0, 0.1) is 11.3 Å². The molecule has 96 valence electrons. The SMILES string of the molecule is CC(C)C(C)(CC(=O)N1CC=CCC1)C(=O)O. The number of carbonyl (C=O) groups excluding carboxylic acids is 1. The van der Waals surface area contributed by atoms with Gasteiger partial charge in [0.1, 0.15) is 0 Å². The predicted octanol–water partition coefficient (Wildman–Crippen LogP) is 1.91. The quantitative estimate of drug-likeness (QED) is 0.762. The first kappa shape index (κ1) is 13.7. The number of aliphatic carboxylic acids is 1. The minimum absolute atomic E-state index is 0.0621. The Kier molecular flexibility index (Phi) is 4.32. The standard InChI is InChI=1S/C13H21NO3/c1-10(2)13(3,12(16)17)9-11(15)14-7-5-4-6-8-14/h4-5,10H,6-9H2,1-3H3,(H,16,17). The Hall–Kier alpha value is -1.32. The molecular formula is C13H21NO3. The third-order valence-corrected chi connectivity index (χ3v) is 3.69. The fourth-order valence-electron chi connectivity index (χ4n) is 1.82. The zero-order valence-electron chi connectivity index (χ0n) is 10.8. The van der Waals surface area contributed by atoms with Gasteiger partial charge in [-0.25, -0.2) is 0 Å². The Balaban J connectivity index is 2.71. The molecule has 1 amide bonds. The van der Waals surface area contributed by atoms with Gasteiger partial charge in [-0.3, -0.25) is 9.59 Å². The van der Waals surface area contributed by atoms with Gasteiger partial charge in [0.2, 0.25) is 5.91 Å². The van der Waals surface area contributed by atoms with E-state index in [1.807, 2.05) is 26.0 Å². The summed E-state index contributed by atoms with van der Waals surface area (Å²) in [5, 5.41) is 9.27. The average Bonchev–Trinajstić information content (AvgIpc) is 2.29. The van der Waals surface area contributed by atoms with Crippen LogP contribution in [0.25, 0.3) is 0 Å². The van der Waals surface area contributed by atoms with E-state index >= 15 is 0 Å². The summed E-state index contributed by atoms with van der Waals surface area (Å²) in [6.45, 7) is 6.64. The van der Waals surface area contributed by atoms with Crippen LogP contribution >= 0.6 is 0 Å². The minimum atomic E-state index is -0.974. The molecule has 0 aliphatic carbocycles. The largest absolute Gasteiger partial charge is 0.481 e. The highest BCUT2D eigenvalue weighted by atomic mass is 16.4. The molecule has 1 heterocycles. The highest BCUT2D eigenvalue weighted by Gasteiger charge is 2.39. The second-order valence-corrected chi connectivity index (χ2v) is 5.15. The molecular weight excluding hydrogens is 218 g/mol. The molecule has 0 aromatic carbocycles. The summed E-state index contributed by atoms with van der Waals surface area (Å²) in [6.07, 6.45) is 4.93. The van der Waals surface area contributed by atoms with E-state index in [1.165, 1.54) is 0 Å². The lowest BCUT2D eigenvalue weighted by atomic mass is 9.76. The Morgan fingerprint density at radius 3 is 2.47 bits per heavy atom. The lowest BCUT2D eigenvalue weighted by molar-refractivity contribution is -0.155. The van der Waals surface area contributed by atoms with Crippen LogP contribution in [-0.2, 0) is 9.59 Å². The van der Waals surface area contributed by atoms with E-state index < -0.39 is 11.4 Å². The molecule has 0 aromatic rings. The molecule has 0 fully saturated rings. The highest BCUT2D eigenvalue weighted by molar-refractivity contribution is 5.85. The summed E-state index contributed by atoms with van der Waals surface area (Å²) in [6, 6.07) is 0. The van der Waals surface area contributed by atoms with Crippen LogP contribution in [0.15, 0.2) is 12.2 Å². The zero-order chi connectivity index (χ0) is 13.1. The van der Waals surface area contributed by atoms with Crippen molar-refractivity contribution in [2.75, 3.05) is 13.1 Å². The van der Waals surface area contributed by atoms with E-state index in [4.69, 9.17) is 0 Å². The fraction of sp³-hybridized carbons (Fsp3) is 0.692. The minimum Gasteiger partial charge on any atom is -0.481 e. The summed E-state index contributed by atoms with van der Waals surface area (Å²) >= 11 is 0. The topological polar surface area (TPSA) is 57.6 Å². The van der Waals surface area contributed by atoms with Crippen LogP contribution < -0.4 is 0 Å². The van der Waals surface area contributed by atoms with Gasteiger partial charge >= 0.3 is 5.97 Å². The van der Waals surface area contributed by atoms with Crippen molar-refractivity contribution in [3.8, 4) is 0 Å². The van der Waals surface area contributed by atoms with E-state index in [-0.39, 0.29) is 18.2 Å². The molecule has 1 aliphatic heterocycles. The van der Waals surface area contributed by atoms with Crippen LogP contribution in [0.5, 0.6) is 0 Å². The molecule has 0 spiro atoms. The predicted molar refractivity (Wildman–Crippen MR) is 65.5 cm³/mol. The number of hydrogen-bond acceptors (Lipinski definition) is 2. The summed E-state index contributed by atoms with van der Waals surface area (Å²) in [5.41, 5.74) is -0.974. The van der Waals surface area contributed by atoms with Crippen molar-refractivity contribution >= 4 is 11.9 Å². The lowest BCUT2D eigenvalue weighted by Crippen LogP contribution is -2.42. The fourth-order valence-corrected chi connectivity index (χ4v) is 1.82. The number of nitrogens with zero attached hydrogens (tertiary/aromatic N) is 1. The molecule has 0 saturated carbocycles. The Bertz CT molecular complexity index is 336. The molecule has 0 radical (unpaired) electrons. The first-order chi connectivity index (χ1) is 7.88. The number of hydrogen-bond donors (Lipinski definition) is 1. The molecule has 1 atom stereocenters. The number of rotatable bonds is 4. The summed E-state index contributed by atoms with van der Waals surface area (Å²) in [4.78, 5) is 25.1. The van der Waals surface area contributed by atoms with E-state index in [0.717, 1.165) is 6.42 Å². The number of carboxylic acid groups (broad SMARTS) is 1. The van der Waals surface area contributed by atoms with Gasteiger partial charge in [0.25, 0.3) is 0 Å². The molecule has 4 nitrogen and oxygen atoms in total. The number of carboxylic acids is 1. The first-order valence-corrected chi connectivity index (χ1v) is 6.04. The summed E-state index contributed by atoms with van der Waals surface area (Å²) in [5.74, 6) is -1.02. The summed E-state index contributed by atoms with van der Waals surface area (Å²) < 4.78 is 0. The van der Waals surface area contributed by atoms with E-state index in [9.17, 15) is 14.7 Å². The van der Waals surface area contributed by atoms with Crippen LogP contribution in [0.3, 0.4) is 0 Å². The Morgan fingerprint density at radius 2 is 2.06 bits per heavy atom. The molecule has 1 aliphatic rings. The summed E-state index contributed by atoms with van der Waals surface area (Å²) in [7, 11) is 0. The van der Waals surface area contributed by atoms with Gasteiger partial charge in [-0.05, 0) is 19.3 Å². The van der Waals surface area contributed by atoms with Crippen LogP contribution in [0.2, 0.25) is 0 Å². The maximum absolute atomic E-state index is 12.1. The molecule has 0 saturated heterocycles. The number of carbonyl (C=O) groups is 2. The van der Waals surface area contributed by atoms with Gasteiger partial charge in [-0.1, -0.05) is 26.0 Å². The molecule has 1 rings (SSSR count). The second kappa shape index (κ2) is 5.34. The maximum atomic E-state index is 12.1. The highest BCUT2D eigenvalue weighted by Crippen LogP contribution is 2.32. The van der Waals surface area contributed by atoms with Gasteiger partial charge < -0.3 is 10.0 Å². The number of amides is 1. The van der Waals surface area contributed by atoms with Crippen LogP contribution in [0.1, 0.15) is 33.6 Å². The smallest absolute Gasteiger partial charge is 0.310 e. The third-order valence-electron chi connectivity index (χ3n) is 3.69. The van der Waals surface area contributed by atoms with Gasteiger partial charge in [0.15, 0.2) is 0 Å². The van der Waals surface area contributed by atoms with Gasteiger partial charge in [-0.15, -0.1) is 0 Å². The van der Waals surface area contributed by atoms with E-state index in [1.54, 1.807) is 11.8 Å². The van der Waals surface area contributed by atoms with Crippen molar-refractivity contribution in [1.29, 1.82) is 0 Å². The Morgan fingerprint density at radius 1 is 1.41 bits per heavy atom. The maximum Gasteiger partial charge on any atom is 0.310 e. The van der Waals surface area contributed by atoms with Crippen molar-refractivity contribution in [2.45, 2.75) is 33.6 Å². The van der Waals surface area contributed by atoms with Gasteiger partial charge in [0.05, 0.1) is 5.41 Å². The molecule has 1 N–H and O–H groups in total. The zero-order valence-corrected chi connectivity index (χ0v) is 10.8. The van der Waals surface area contributed by atoms with E-state index in [0.29, 0.717) is 13.1 Å². The van der Waals surface area contributed by atoms with Crippen molar-refractivity contribution in [3.63, 3.8) is 0 Å². The van der Waals surface area contributed by atoms with E-state index in [2.05, 4.69) is 0 Å². The van der Waals surface area contributed by atoms with Crippen LogP contribution in [0.4, 0.5) is 0 Å². The molecule has 0 aromatic heterocycles. The van der Waals surface area contributed by atoms with Gasteiger partial charge in [0, 0.05) is 19.5 Å². The molecule has 0 bridgehead atoms. The van der Waals surface area contributed by atoms with Crippen molar-refractivity contribution < 1.29 is 14.7 Å². The normalized spacial score (nSPS) is 19.2. The first-order valence-electron chi connectivity index (χ1n) is 6.04. The average molecular weight is 239 g/mol. The lowest BCUT2D eigenvalue weighted by Gasteiger charge is -2.32. The van der Waals surface area contributed by atoms with Crippen LogP contribution in [-0.4, -0.2) is 35.0 Å².